The van der Waals surface area contributed by atoms with Crippen LogP contribution in [-0.4, -0.2) is 42.2 Å². The van der Waals surface area contributed by atoms with Crippen molar-refractivity contribution in [1.82, 2.24) is 9.88 Å². The Hall–Kier alpha value is -3.09. The van der Waals surface area contributed by atoms with Crippen LogP contribution in [0.15, 0.2) is 48.8 Å². The van der Waals surface area contributed by atoms with Crippen molar-refractivity contribution in [3.05, 3.63) is 54.4 Å². The normalized spacial score (nSPS) is 11.7. The largest absolute Gasteiger partial charge is 0.467 e. The SMILES string of the molecule is COC(=O)[C@H](CC(C)C)NC(=O)COC(=O)c1ccc(-n2cccc2)cc1. The molecule has 7 heteroatoms. The van der Waals surface area contributed by atoms with E-state index in [1.807, 2.05) is 42.9 Å². The second-order valence-corrected chi connectivity index (χ2v) is 6.49. The van der Waals surface area contributed by atoms with Crippen LogP contribution < -0.4 is 5.32 Å². The van der Waals surface area contributed by atoms with E-state index < -0.39 is 30.5 Å². The first-order valence-corrected chi connectivity index (χ1v) is 8.68. The Morgan fingerprint density at radius 3 is 2.26 bits per heavy atom. The van der Waals surface area contributed by atoms with Crippen molar-refractivity contribution >= 4 is 17.8 Å². The molecule has 0 bridgehead atoms. The van der Waals surface area contributed by atoms with Crippen molar-refractivity contribution in [2.24, 2.45) is 5.92 Å². The van der Waals surface area contributed by atoms with Crippen molar-refractivity contribution in [3.63, 3.8) is 0 Å². The summed E-state index contributed by atoms with van der Waals surface area (Å²) in [7, 11) is 1.26. The number of esters is 2. The van der Waals surface area contributed by atoms with E-state index in [1.54, 1.807) is 24.3 Å². The molecule has 1 aromatic heterocycles. The van der Waals surface area contributed by atoms with Crippen LogP contribution in [0.25, 0.3) is 5.69 Å². The van der Waals surface area contributed by atoms with E-state index in [1.165, 1.54) is 7.11 Å². The topological polar surface area (TPSA) is 86.6 Å². The summed E-state index contributed by atoms with van der Waals surface area (Å²) in [4.78, 5) is 35.8. The highest BCUT2D eigenvalue weighted by molar-refractivity contribution is 5.92. The maximum atomic E-state index is 12.1. The smallest absolute Gasteiger partial charge is 0.338 e. The molecule has 1 aromatic carbocycles. The van der Waals surface area contributed by atoms with E-state index in [-0.39, 0.29) is 5.92 Å². The summed E-state index contributed by atoms with van der Waals surface area (Å²) < 4.78 is 11.6. The Morgan fingerprint density at radius 1 is 1.07 bits per heavy atom. The minimum Gasteiger partial charge on any atom is -0.467 e. The molecule has 0 aliphatic carbocycles. The number of carbonyl (C=O) groups excluding carboxylic acids is 3. The highest BCUT2D eigenvalue weighted by Crippen LogP contribution is 2.11. The van der Waals surface area contributed by atoms with Crippen LogP contribution >= 0.6 is 0 Å². The Morgan fingerprint density at radius 2 is 1.70 bits per heavy atom. The summed E-state index contributed by atoms with van der Waals surface area (Å²) in [6, 6.07) is 9.88. The lowest BCUT2D eigenvalue weighted by molar-refractivity contribution is -0.145. The number of benzene rings is 1. The number of hydrogen-bond acceptors (Lipinski definition) is 5. The van der Waals surface area contributed by atoms with Crippen LogP contribution in [0.5, 0.6) is 0 Å². The molecule has 27 heavy (non-hydrogen) atoms. The molecule has 1 atom stereocenters. The van der Waals surface area contributed by atoms with Gasteiger partial charge in [-0.1, -0.05) is 13.8 Å². The number of hydrogen-bond donors (Lipinski definition) is 1. The molecule has 7 nitrogen and oxygen atoms in total. The first-order valence-electron chi connectivity index (χ1n) is 8.68. The van der Waals surface area contributed by atoms with E-state index >= 15 is 0 Å². The standard InChI is InChI=1S/C20H24N2O5/c1-14(2)12-17(20(25)26-3)21-18(23)13-27-19(24)15-6-8-16(9-7-15)22-10-4-5-11-22/h4-11,14,17H,12-13H2,1-3H3,(H,21,23)/t17-/m0/s1. The van der Waals surface area contributed by atoms with Gasteiger partial charge in [-0.3, -0.25) is 4.79 Å². The zero-order valence-electron chi connectivity index (χ0n) is 15.7. The van der Waals surface area contributed by atoms with Gasteiger partial charge in [-0.15, -0.1) is 0 Å². The van der Waals surface area contributed by atoms with Crippen molar-refractivity contribution in [3.8, 4) is 5.69 Å². The Kier molecular flexibility index (Phi) is 7.16. The van der Waals surface area contributed by atoms with Gasteiger partial charge in [-0.05, 0) is 48.7 Å². The summed E-state index contributed by atoms with van der Waals surface area (Å²) in [6.45, 7) is 3.39. The van der Waals surface area contributed by atoms with E-state index in [4.69, 9.17) is 4.74 Å². The van der Waals surface area contributed by atoms with Gasteiger partial charge in [0.15, 0.2) is 6.61 Å². The number of rotatable bonds is 8. The van der Waals surface area contributed by atoms with Crippen LogP contribution in [0, 0.1) is 5.92 Å². The molecule has 144 valence electrons. The van der Waals surface area contributed by atoms with Gasteiger partial charge in [0.1, 0.15) is 6.04 Å². The molecular weight excluding hydrogens is 348 g/mol. The van der Waals surface area contributed by atoms with Gasteiger partial charge in [-0.2, -0.15) is 0 Å². The molecule has 2 aromatic rings. The summed E-state index contributed by atoms with van der Waals surface area (Å²) in [5, 5.41) is 2.54. The molecule has 0 spiro atoms. The monoisotopic (exact) mass is 372 g/mol. The fourth-order valence-electron chi connectivity index (χ4n) is 2.55. The minimum absolute atomic E-state index is 0.191. The lowest BCUT2D eigenvalue weighted by Crippen LogP contribution is -2.44. The van der Waals surface area contributed by atoms with E-state index in [0.29, 0.717) is 12.0 Å². The summed E-state index contributed by atoms with van der Waals surface area (Å²) in [5.74, 6) is -1.49. The lowest BCUT2D eigenvalue weighted by Gasteiger charge is -2.18. The Labute approximate surface area is 158 Å². The number of ether oxygens (including phenoxy) is 2. The average Bonchev–Trinajstić information content (AvgIpc) is 3.19. The van der Waals surface area contributed by atoms with Crippen molar-refractivity contribution in [2.45, 2.75) is 26.3 Å². The molecule has 1 N–H and O–H groups in total. The Bertz CT molecular complexity index is 766. The molecule has 0 unspecified atom stereocenters. The zero-order chi connectivity index (χ0) is 19.8. The summed E-state index contributed by atoms with van der Waals surface area (Å²) >= 11 is 0. The molecule has 0 fully saturated rings. The van der Waals surface area contributed by atoms with Crippen LogP contribution in [0.4, 0.5) is 0 Å². The third kappa shape index (κ3) is 5.99. The van der Waals surface area contributed by atoms with Crippen LogP contribution in [0.2, 0.25) is 0 Å². The molecule has 1 amide bonds. The number of carbonyl (C=O) groups is 3. The first-order chi connectivity index (χ1) is 12.9. The fourth-order valence-corrected chi connectivity index (χ4v) is 2.55. The van der Waals surface area contributed by atoms with Crippen molar-refractivity contribution < 1.29 is 23.9 Å². The van der Waals surface area contributed by atoms with Gasteiger partial charge >= 0.3 is 11.9 Å². The number of methoxy groups -OCH3 is 1. The summed E-state index contributed by atoms with van der Waals surface area (Å²) in [5.41, 5.74) is 1.24. The van der Waals surface area contributed by atoms with Crippen molar-refractivity contribution in [2.75, 3.05) is 13.7 Å². The highest BCUT2D eigenvalue weighted by Gasteiger charge is 2.23. The lowest BCUT2D eigenvalue weighted by atomic mass is 10.0. The molecule has 2 rings (SSSR count). The Balaban J connectivity index is 1.88. The molecule has 0 radical (unpaired) electrons. The van der Waals surface area contributed by atoms with Gasteiger partial charge in [-0.25, -0.2) is 9.59 Å². The summed E-state index contributed by atoms with van der Waals surface area (Å²) in [6.07, 6.45) is 4.23. The quantitative estimate of drug-likeness (QED) is 0.719. The van der Waals surface area contributed by atoms with Crippen LogP contribution in [0.3, 0.4) is 0 Å². The third-order valence-electron chi connectivity index (χ3n) is 3.87. The molecular formula is C20H24N2O5. The fraction of sp³-hybridized carbons (Fsp3) is 0.350. The molecule has 1 heterocycles. The van der Waals surface area contributed by atoms with Gasteiger partial charge in [0.2, 0.25) is 0 Å². The number of aromatic nitrogens is 1. The second-order valence-electron chi connectivity index (χ2n) is 6.49. The second kappa shape index (κ2) is 9.56. The third-order valence-corrected chi connectivity index (χ3v) is 3.87. The van der Waals surface area contributed by atoms with E-state index in [0.717, 1.165) is 5.69 Å². The average molecular weight is 372 g/mol. The molecule has 0 saturated carbocycles. The number of nitrogens with one attached hydrogen (secondary N) is 1. The maximum Gasteiger partial charge on any atom is 0.338 e. The van der Waals surface area contributed by atoms with Crippen molar-refractivity contribution in [1.29, 1.82) is 0 Å². The van der Waals surface area contributed by atoms with Gasteiger partial charge < -0.3 is 19.4 Å². The van der Waals surface area contributed by atoms with E-state index in [2.05, 4.69) is 10.1 Å². The van der Waals surface area contributed by atoms with Crippen LogP contribution in [0.1, 0.15) is 30.6 Å². The predicted octanol–water partition coefficient (Wildman–Crippen LogP) is 2.34. The van der Waals surface area contributed by atoms with Gasteiger partial charge in [0.05, 0.1) is 12.7 Å². The molecule has 0 aliphatic rings. The van der Waals surface area contributed by atoms with E-state index in [9.17, 15) is 14.4 Å². The minimum atomic E-state index is -0.762. The predicted molar refractivity (Wildman–Crippen MR) is 99.5 cm³/mol. The molecule has 0 saturated heterocycles. The zero-order valence-corrected chi connectivity index (χ0v) is 15.7. The number of nitrogens with zero attached hydrogens (tertiary/aromatic N) is 1. The molecule has 0 aliphatic heterocycles. The van der Waals surface area contributed by atoms with Gasteiger partial charge in [0.25, 0.3) is 5.91 Å². The maximum absolute atomic E-state index is 12.1. The number of amides is 1. The highest BCUT2D eigenvalue weighted by atomic mass is 16.5. The van der Waals surface area contributed by atoms with Gasteiger partial charge in [0, 0.05) is 18.1 Å². The van der Waals surface area contributed by atoms with Crippen LogP contribution in [-0.2, 0) is 19.1 Å². The first kappa shape index (κ1) is 20.2.